The molecule has 59 heavy (non-hydrogen) atoms. The van der Waals surface area contributed by atoms with E-state index in [1.807, 2.05) is 57.2 Å². The minimum absolute atomic E-state index is 0.433. The standard InChI is InChI=1S/C51H81O5PS2/c1-7-10-13-16-19-22-25-34-46-37-28-31-40-49(46)53-43(4)56-57(52,58-44(5)54-50-41-32-29-38-47(50)35-26-23-20-17-14-11-8-2)59-45(6)55-51-42-33-30-39-48(51)36-27-24-21-18-15-12-9-3/h28-33,37-45H,7-27,34-36H2,1-6H3. The quantitative estimate of drug-likeness (QED) is 0.0328. The molecule has 0 fully saturated rings. The van der Waals surface area contributed by atoms with Crippen LogP contribution >= 0.6 is 28.5 Å². The van der Waals surface area contributed by atoms with Crippen LogP contribution in [-0.4, -0.2) is 17.2 Å². The van der Waals surface area contributed by atoms with Crippen LogP contribution in [0.2, 0.25) is 0 Å². The molecule has 0 N–H and O–H groups in total. The normalized spacial score (nSPS) is 14.1. The van der Waals surface area contributed by atoms with Gasteiger partial charge in [0.05, 0.1) is 0 Å². The minimum atomic E-state index is -3.50. The van der Waals surface area contributed by atoms with Gasteiger partial charge in [0.2, 0.25) is 6.29 Å². The summed E-state index contributed by atoms with van der Waals surface area (Å²) in [5.74, 6) is -1.01. The van der Waals surface area contributed by atoms with Crippen LogP contribution in [0.1, 0.15) is 193 Å². The van der Waals surface area contributed by atoms with Crippen molar-refractivity contribution in [1.82, 2.24) is 0 Å². The maximum absolute atomic E-state index is 15.1. The van der Waals surface area contributed by atoms with Crippen molar-refractivity contribution in [3.05, 3.63) is 89.5 Å². The van der Waals surface area contributed by atoms with Crippen LogP contribution in [0, 0.1) is 0 Å². The molecule has 0 heterocycles. The molecule has 0 bridgehead atoms. The van der Waals surface area contributed by atoms with Crippen molar-refractivity contribution < 1.29 is 23.3 Å². The first kappa shape index (κ1) is 51.3. The van der Waals surface area contributed by atoms with Gasteiger partial charge in [-0.15, -0.1) is 0 Å². The fourth-order valence-corrected chi connectivity index (χ4v) is 15.3. The maximum Gasteiger partial charge on any atom is 0.323 e. The van der Waals surface area contributed by atoms with E-state index in [0.29, 0.717) is 0 Å². The molecular weight excluding hydrogens is 788 g/mol. The second-order valence-corrected chi connectivity index (χ2v) is 24.0. The van der Waals surface area contributed by atoms with Crippen molar-refractivity contribution >= 4 is 28.5 Å². The molecule has 5 nitrogen and oxygen atoms in total. The van der Waals surface area contributed by atoms with Crippen LogP contribution in [0.3, 0.4) is 0 Å². The van der Waals surface area contributed by atoms with Crippen LogP contribution in [0.25, 0.3) is 0 Å². The first-order valence-corrected chi connectivity index (χ1v) is 28.2. The third kappa shape index (κ3) is 22.6. The smallest absolute Gasteiger partial charge is 0.323 e. The number of benzene rings is 3. The number of unbranched alkanes of at least 4 members (excludes halogenated alkanes) is 18. The summed E-state index contributed by atoms with van der Waals surface area (Å²) in [7, 11) is 0. The fourth-order valence-electron chi connectivity index (χ4n) is 7.51. The third-order valence-corrected chi connectivity index (χ3v) is 18.0. The van der Waals surface area contributed by atoms with Gasteiger partial charge < -0.3 is 14.2 Å². The predicted molar refractivity (Wildman–Crippen MR) is 259 cm³/mol. The zero-order chi connectivity index (χ0) is 42.4. The van der Waals surface area contributed by atoms with Gasteiger partial charge in [-0.1, -0.05) is 191 Å². The van der Waals surface area contributed by atoms with Gasteiger partial charge in [0.25, 0.3) is 0 Å². The minimum Gasteiger partial charge on any atom is -0.479 e. The van der Waals surface area contributed by atoms with E-state index in [0.717, 1.165) is 61.3 Å². The molecule has 0 aliphatic rings. The highest BCUT2D eigenvalue weighted by Crippen LogP contribution is 2.73. The molecule has 0 aliphatic carbocycles. The predicted octanol–water partition coefficient (Wildman–Crippen LogP) is 17.7. The lowest BCUT2D eigenvalue weighted by molar-refractivity contribution is 0.0300. The topological polar surface area (TPSA) is 54.0 Å². The SMILES string of the molecule is CCCCCCCCCc1ccccc1OC(C)OP(=O)(SC(C)Oc1ccccc1CCCCCCCCC)SC(C)Oc1ccccc1CCCCCCCCC. The summed E-state index contributed by atoms with van der Waals surface area (Å²) in [6.45, 7) is 12.6. The molecular formula is C51H81O5PS2. The van der Waals surface area contributed by atoms with Crippen molar-refractivity contribution in [3.8, 4) is 17.2 Å². The average molecular weight is 869 g/mol. The van der Waals surface area contributed by atoms with Crippen LogP contribution in [0.15, 0.2) is 72.8 Å². The number of aryl methyl sites for hydroxylation is 3. The molecule has 0 aliphatic heterocycles. The van der Waals surface area contributed by atoms with Crippen molar-refractivity contribution in [1.29, 1.82) is 0 Å². The molecule has 3 aromatic carbocycles. The van der Waals surface area contributed by atoms with Gasteiger partial charge in [-0.2, -0.15) is 0 Å². The molecule has 3 unspecified atom stereocenters. The average Bonchev–Trinajstić information content (AvgIpc) is 3.21. The molecule has 3 atom stereocenters. The fraction of sp³-hybridized carbons (Fsp3) is 0.647. The molecule has 0 radical (unpaired) electrons. The van der Waals surface area contributed by atoms with Gasteiger partial charge in [-0.25, -0.2) is 0 Å². The van der Waals surface area contributed by atoms with E-state index in [9.17, 15) is 0 Å². The van der Waals surface area contributed by atoms with Gasteiger partial charge in [0, 0.05) is 0 Å². The summed E-state index contributed by atoms with van der Waals surface area (Å²) < 4.78 is 41.2. The number of hydrogen-bond donors (Lipinski definition) is 0. The Hall–Kier alpha value is -2.05. The van der Waals surface area contributed by atoms with Gasteiger partial charge >= 0.3 is 5.77 Å². The summed E-state index contributed by atoms with van der Waals surface area (Å²) in [5, 5.41) is 0. The first-order valence-electron chi connectivity index (χ1n) is 23.7. The third-order valence-electron chi connectivity index (χ3n) is 10.8. The highest BCUT2D eigenvalue weighted by Gasteiger charge is 2.35. The van der Waals surface area contributed by atoms with E-state index < -0.39 is 22.9 Å². The van der Waals surface area contributed by atoms with Gasteiger partial charge in [0.15, 0.2) is 10.9 Å². The zero-order valence-corrected chi connectivity index (χ0v) is 40.5. The molecule has 0 aromatic heterocycles. The summed E-state index contributed by atoms with van der Waals surface area (Å²) >= 11 is 2.48. The van der Waals surface area contributed by atoms with E-state index in [4.69, 9.17) is 18.7 Å². The Morgan fingerprint density at radius 2 is 0.712 bits per heavy atom. The van der Waals surface area contributed by atoms with Crippen LogP contribution < -0.4 is 14.2 Å². The Morgan fingerprint density at radius 3 is 1.05 bits per heavy atom. The Bertz CT molecular complexity index is 1370. The maximum atomic E-state index is 15.1. The van der Waals surface area contributed by atoms with Crippen LogP contribution in [0.5, 0.6) is 17.2 Å². The van der Waals surface area contributed by atoms with Gasteiger partial charge in [-0.3, -0.25) is 9.09 Å². The van der Waals surface area contributed by atoms with E-state index in [2.05, 4.69) is 57.2 Å². The number of para-hydroxylation sites is 3. The lowest BCUT2D eigenvalue weighted by Crippen LogP contribution is -2.17. The largest absolute Gasteiger partial charge is 0.479 e. The molecule has 0 saturated carbocycles. The van der Waals surface area contributed by atoms with E-state index in [1.165, 1.54) is 149 Å². The highest BCUT2D eigenvalue weighted by molar-refractivity contribution is 8.89. The molecule has 0 spiro atoms. The highest BCUT2D eigenvalue weighted by atomic mass is 33.1. The van der Waals surface area contributed by atoms with E-state index in [-0.39, 0.29) is 0 Å². The van der Waals surface area contributed by atoms with Crippen molar-refractivity contribution in [2.45, 2.75) is 213 Å². The lowest BCUT2D eigenvalue weighted by atomic mass is 10.0. The summed E-state index contributed by atoms with van der Waals surface area (Å²) in [5.41, 5.74) is 2.69. The van der Waals surface area contributed by atoms with E-state index in [1.54, 1.807) is 0 Å². The van der Waals surface area contributed by atoms with Crippen molar-refractivity contribution in [2.24, 2.45) is 0 Å². The number of ether oxygens (including phenoxy) is 3. The van der Waals surface area contributed by atoms with Crippen LogP contribution in [0.4, 0.5) is 0 Å². The molecule has 3 aromatic rings. The second kappa shape index (κ2) is 31.7. The Morgan fingerprint density at radius 1 is 0.424 bits per heavy atom. The van der Waals surface area contributed by atoms with Gasteiger partial charge in [-0.05, 0) is 117 Å². The monoisotopic (exact) mass is 869 g/mol. The molecule has 0 amide bonds. The Labute approximate surface area is 369 Å². The van der Waals surface area contributed by atoms with Gasteiger partial charge in [0.1, 0.15) is 17.2 Å². The van der Waals surface area contributed by atoms with Crippen LogP contribution in [-0.2, 0) is 28.4 Å². The number of hydrogen-bond acceptors (Lipinski definition) is 7. The van der Waals surface area contributed by atoms with Crippen molar-refractivity contribution in [3.63, 3.8) is 0 Å². The molecule has 332 valence electrons. The zero-order valence-electron chi connectivity index (χ0n) is 37.9. The summed E-state index contributed by atoms with van der Waals surface area (Å²) in [4.78, 5) is 0. The summed E-state index contributed by atoms with van der Waals surface area (Å²) in [6.07, 6.45) is 28.7. The Kier molecular flexibility index (Phi) is 27.6. The molecule has 8 heteroatoms. The summed E-state index contributed by atoms with van der Waals surface area (Å²) in [6, 6.07) is 24.8. The second-order valence-electron chi connectivity index (χ2n) is 16.3. The Balaban J connectivity index is 1.70. The first-order chi connectivity index (χ1) is 28.8. The van der Waals surface area contributed by atoms with Crippen molar-refractivity contribution in [2.75, 3.05) is 0 Å². The van der Waals surface area contributed by atoms with E-state index >= 15 is 4.57 Å². The lowest BCUT2D eigenvalue weighted by Gasteiger charge is -2.27. The number of rotatable bonds is 36. The molecule has 0 saturated heterocycles. The molecule has 3 rings (SSSR count).